The fourth-order valence-electron chi connectivity index (χ4n) is 3.34. The lowest BCUT2D eigenvalue weighted by Gasteiger charge is -2.40. The number of benzene rings is 2. The van der Waals surface area contributed by atoms with E-state index < -0.39 is 29.6 Å². The van der Waals surface area contributed by atoms with Gasteiger partial charge in [0.15, 0.2) is 0 Å². The first-order valence-corrected chi connectivity index (χ1v) is 9.45. The SMILES string of the molecule is COC(=O)[C@H]1CCN1C(=S)c1ccc(CCc2cccc(F)c2)c(C(F)(F)F)c1. The van der Waals surface area contributed by atoms with Gasteiger partial charge in [-0.2, -0.15) is 13.2 Å². The van der Waals surface area contributed by atoms with Crippen molar-refractivity contribution in [2.45, 2.75) is 31.5 Å². The van der Waals surface area contributed by atoms with Gasteiger partial charge in [0.05, 0.1) is 12.7 Å². The third kappa shape index (κ3) is 4.75. The minimum absolute atomic E-state index is 0.111. The van der Waals surface area contributed by atoms with Crippen molar-refractivity contribution in [2.75, 3.05) is 13.7 Å². The zero-order chi connectivity index (χ0) is 21.2. The van der Waals surface area contributed by atoms with Gasteiger partial charge in [-0.25, -0.2) is 9.18 Å². The molecule has 0 N–H and O–H groups in total. The Kier molecular flexibility index (Phi) is 6.21. The molecule has 154 valence electrons. The van der Waals surface area contributed by atoms with Gasteiger partial charge in [0.25, 0.3) is 0 Å². The number of carbonyl (C=O) groups is 1. The van der Waals surface area contributed by atoms with E-state index in [1.807, 2.05) is 0 Å². The Morgan fingerprint density at radius 2 is 1.97 bits per heavy atom. The summed E-state index contributed by atoms with van der Waals surface area (Å²) in [5, 5.41) is 0. The van der Waals surface area contributed by atoms with Crippen LogP contribution in [0.15, 0.2) is 42.5 Å². The molecular weight excluding hydrogens is 406 g/mol. The van der Waals surface area contributed by atoms with Crippen LogP contribution in [0.25, 0.3) is 0 Å². The molecule has 0 saturated carbocycles. The first-order valence-electron chi connectivity index (χ1n) is 9.04. The molecule has 0 spiro atoms. The second-order valence-corrected chi connectivity index (χ2v) is 7.21. The lowest BCUT2D eigenvalue weighted by Crippen LogP contribution is -2.55. The maximum absolute atomic E-state index is 13.6. The van der Waals surface area contributed by atoms with E-state index in [2.05, 4.69) is 0 Å². The van der Waals surface area contributed by atoms with Crippen LogP contribution in [0.2, 0.25) is 0 Å². The highest BCUT2D eigenvalue weighted by atomic mass is 32.1. The molecule has 1 fully saturated rings. The van der Waals surface area contributed by atoms with E-state index >= 15 is 0 Å². The van der Waals surface area contributed by atoms with Gasteiger partial charge in [-0.3, -0.25) is 0 Å². The fourth-order valence-corrected chi connectivity index (χ4v) is 3.69. The number of hydrogen-bond acceptors (Lipinski definition) is 3. The molecule has 0 bridgehead atoms. The van der Waals surface area contributed by atoms with Gasteiger partial charge in [-0.15, -0.1) is 0 Å². The standard InChI is InChI=1S/C21H19F4NO2S/c1-28-20(27)18-9-10-26(18)19(29)15-8-7-14(17(12-15)21(23,24)25)6-5-13-3-2-4-16(22)11-13/h2-4,7-8,11-12,18H,5-6,9-10H2,1H3/t18-/m1/s1. The molecule has 1 heterocycles. The number of alkyl halides is 3. The van der Waals surface area contributed by atoms with Gasteiger partial charge in [-0.05, 0) is 48.6 Å². The van der Waals surface area contributed by atoms with Crippen molar-refractivity contribution in [2.24, 2.45) is 0 Å². The molecule has 0 radical (unpaired) electrons. The van der Waals surface area contributed by atoms with Crippen molar-refractivity contribution in [3.63, 3.8) is 0 Å². The van der Waals surface area contributed by atoms with Crippen LogP contribution < -0.4 is 0 Å². The molecule has 0 aromatic heterocycles. The zero-order valence-electron chi connectivity index (χ0n) is 15.6. The molecule has 0 amide bonds. The molecule has 1 aliphatic heterocycles. The number of ether oxygens (including phenoxy) is 1. The summed E-state index contributed by atoms with van der Waals surface area (Å²) in [6.07, 6.45) is -3.62. The lowest BCUT2D eigenvalue weighted by molar-refractivity contribution is -0.148. The van der Waals surface area contributed by atoms with Gasteiger partial charge in [-0.1, -0.05) is 36.5 Å². The Labute approximate surface area is 171 Å². The molecule has 29 heavy (non-hydrogen) atoms. The molecule has 1 saturated heterocycles. The molecule has 1 atom stereocenters. The molecule has 2 aromatic carbocycles. The normalized spacial score (nSPS) is 16.3. The number of carbonyl (C=O) groups excluding carboxylic acids is 1. The lowest BCUT2D eigenvalue weighted by atomic mass is 9.96. The predicted molar refractivity (Wildman–Crippen MR) is 104 cm³/mol. The summed E-state index contributed by atoms with van der Waals surface area (Å²) in [6, 6.07) is 9.20. The molecule has 8 heteroatoms. The van der Waals surface area contributed by atoms with Crippen LogP contribution >= 0.6 is 12.2 Å². The maximum atomic E-state index is 13.6. The van der Waals surface area contributed by atoms with Crippen LogP contribution in [-0.4, -0.2) is 35.6 Å². The van der Waals surface area contributed by atoms with E-state index in [0.717, 1.165) is 6.07 Å². The third-order valence-corrected chi connectivity index (χ3v) is 5.46. The summed E-state index contributed by atoms with van der Waals surface area (Å²) in [5.41, 5.74) is 0.194. The zero-order valence-corrected chi connectivity index (χ0v) is 16.4. The Bertz CT molecular complexity index is 929. The number of likely N-dealkylation sites (tertiary alicyclic amines) is 1. The number of methoxy groups -OCH3 is 1. The van der Waals surface area contributed by atoms with Crippen LogP contribution in [0, 0.1) is 5.82 Å². The Morgan fingerprint density at radius 3 is 2.55 bits per heavy atom. The van der Waals surface area contributed by atoms with Crippen LogP contribution in [0.4, 0.5) is 17.6 Å². The fraction of sp³-hybridized carbons (Fsp3) is 0.333. The van der Waals surface area contributed by atoms with E-state index in [-0.39, 0.29) is 29.0 Å². The van der Waals surface area contributed by atoms with E-state index in [1.165, 1.54) is 37.4 Å². The minimum Gasteiger partial charge on any atom is -0.467 e. The van der Waals surface area contributed by atoms with Crippen LogP contribution in [0.3, 0.4) is 0 Å². The van der Waals surface area contributed by atoms with Gasteiger partial charge in [0.2, 0.25) is 0 Å². The Morgan fingerprint density at radius 1 is 1.21 bits per heavy atom. The first kappa shape index (κ1) is 21.2. The average molecular weight is 425 g/mol. The van der Waals surface area contributed by atoms with Crippen molar-refractivity contribution in [3.8, 4) is 0 Å². The van der Waals surface area contributed by atoms with Crippen molar-refractivity contribution in [3.05, 3.63) is 70.5 Å². The van der Waals surface area contributed by atoms with Crippen molar-refractivity contribution in [1.29, 1.82) is 0 Å². The summed E-state index contributed by atoms with van der Waals surface area (Å²) >= 11 is 5.33. The highest BCUT2D eigenvalue weighted by Crippen LogP contribution is 2.34. The number of rotatable bonds is 5. The van der Waals surface area contributed by atoms with Crippen molar-refractivity contribution in [1.82, 2.24) is 4.90 Å². The second kappa shape index (κ2) is 8.49. The Balaban J connectivity index is 1.82. The smallest absolute Gasteiger partial charge is 0.416 e. The number of thiocarbonyl (C=S) groups is 1. The number of halogens is 4. The summed E-state index contributed by atoms with van der Waals surface area (Å²) in [6.45, 7) is 0.487. The molecule has 2 aromatic rings. The molecule has 3 rings (SSSR count). The quantitative estimate of drug-likeness (QED) is 0.399. The molecule has 3 nitrogen and oxygen atoms in total. The maximum Gasteiger partial charge on any atom is 0.416 e. The summed E-state index contributed by atoms with van der Waals surface area (Å²) in [7, 11) is 1.26. The summed E-state index contributed by atoms with van der Waals surface area (Å²) in [5.74, 6) is -0.879. The third-order valence-electron chi connectivity index (χ3n) is 4.99. The Hall–Kier alpha value is -2.48. The average Bonchev–Trinajstić information content (AvgIpc) is 2.64. The van der Waals surface area contributed by atoms with E-state index in [0.29, 0.717) is 18.5 Å². The summed E-state index contributed by atoms with van der Waals surface area (Å²) in [4.78, 5) is 13.5. The van der Waals surface area contributed by atoms with Crippen molar-refractivity contribution >= 4 is 23.2 Å². The van der Waals surface area contributed by atoms with E-state index in [1.54, 1.807) is 11.0 Å². The number of aryl methyl sites for hydroxylation is 2. The predicted octanol–water partition coefficient (Wildman–Crippen LogP) is 4.55. The second-order valence-electron chi connectivity index (χ2n) is 6.83. The topological polar surface area (TPSA) is 29.5 Å². The van der Waals surface area contributed by atoms with Crippen LogP contribution in [0.5, 0.6) is 0 Å². The molecule has 1 aliphatic rings. The molecule has 0 aliphatic carbocycles. The van der Waals surface area contributed by atoms with Gasteiger partial charge in [0, 0.05) is 12.1 Å². The largest absolute Gasteiger partial charge is 0.467 e. The highest BCUT2D eigenvalue weighted by molar-refractivity contribution is 7.80. The van der Waals surface area contributed by atoms with Crippen LogP contribution in [-0.2, 0) is 28.5 Å². The number of esters is 1. The number of nitrogens with zero attached hydrogens (tertiary/aromatic N) is 1. The first-order chi connectivity index (χ1) is 13.7. The highest BCUT2D eigenvalue weighted by Gasteiger charge is 2.38. The van der Waals surface area contributed by atoms with Crippen molar-refractivity contribution < 1.29 is 27.1 Å². The monoisotopic (exact) mass is 425 g/mol. The molecular formula is C21H19F4NO2S. The van der Waals surface area contributed by atoms with E-state index in [4.69, 9.17) is 17.0 Å². The van der Waals surface area contributed by atoms with Gasteiger partial charge < -0.3 is 9.64 Å². The van der Waals surface area contributed by atoms with Crippen LogP contribution in [0.1, 0.15) is 28.7 Å². The van der Waals surface area contributed by atoms with Gasteiger partial charge in [0.1, 0.15) is 16.8 Å². The minimum atomic E-state index is -4.56. The van der Waals surface area contributed by atoms with E-state index in [9.17, 15) is 22.4 Å². The van der Waals surface area contributed by atoms with Gasteiger partial charge >= 0.3 is 12.1 Å². The number of hydrogen-bond donors (Lipinski definition) is 0. The summed E-state index contributed by atoms with van der Waals surface area (Å²) < 4.78 is 58.9. The molecule has 0 unspecified atom stereocenters.